The van der Waals surface area contributed by atoms with E-state index in [1.54, 1.807) is 0 Å². The zero-order valence-electron chi connectivity index (χ0n) is 9.13. The summed E-state index contributed by atoms with van der Waals surface area (Å²) in [4.78, 5) is 11.7. The molecule has 82 valence electrons. The van der Waals surface area contributed by atoms with Gasteiger partial charge in [0.25, 0.3) is 0 Å². The van der Waals surface area contributed by atoms with Gasteiger partial charge >= 0.3 is 5.97 Å². The molecule has 1 rings (SSSR count). The molecule has 0 saturated carbocycles. The molecule has 0 amide bonds. The van der Waals surface area contributed by atoms with Gasteiger partial charge in [-0.3, -0.25) is 10.1 Å². The number of methoxy groups -OCH3 is 1. The van der Waals surface area contributed by atoms with Crippen molar-refractivity contribution in [2.75, 3.05) is 20.3 Å². The number of ether oxygens (including phenoxy) is 2. The Morgan fingerprint density at radius 2 is 2.00 bits per heavy atom. The molecule has 1 saturated heterocycles. The maximum Gasteiger partial charge on any atom is 0.326 e. The van der Waals surface area contributed by atoms with Crippen molar-refractivity contribution in [2.45, 2.75) is 38.3 Å². The SMILES string of the molecule is COC(=O)C1(NC(C)C)CCOCC1. The van der Waals surface area contributed by atoms with E-state index < -0.39 is 5.54 Å². The molecule has 4 heteroatoms. The highest BCUT2D eigenvalue weighted by molar-refractivity contribution is 5.81. The molecule has 0 atom stereocenters. The summed E-state index contributed by atoms with van der Waals surface area (Å²) in [5.41, 5.74) is -0.527. The highest BCUT2D eigenvalue weighted by atomic mass is 16.5. The maximum absolute atomic E-state index is 11.7. The first-order chi connectivity index (χ1) is 6.60. The van der Waals surface area contributed by atoms with Crippen LogP contribution in [0.15, 0.2) is 0 Å². The van der Waals surface area contributed by atoms with E-state index in [4.69, 9.17) is 9.47 Å². The Balaban J connectivity index is 2.71. The molecule has 1 fully saturated rings. The lowest BCUT2D eigenvalue weighted by Crippen LogP contribution is -2.58. The Morgan fingerprint density at radius 3 is 2.43 bits per heavy atom. The van der Waals surface area contributed by atoms with Crippen LogP contribution in [0.5, 0.6) is 0 Å². The molecule has 14 heavy (non-hydrogen) atoms. The van der Waals surface area contributed by atoms with Crippen molar-refractivity contribution in [3.05, 3.63) is 0 Å². The summed E-state index contributed by atoms with van der Waals surface area (Å²) < 4.78 is 10.1. The second kappa shape index (κ2) is 4.75. The molecule has 0 unspecified atom stereocenters. The van der Waals surface area contributed by atoms with E-state index in [0.29, 0.717) is 26.1 Å². The Morgan fingerprint density at radius 1 is 1.43 bits per heavy atom. The van der Waals surface area contributed by atoms with Crippen molar-refractivity contribution >= 4 is 5.97 Å². The molecule has 1 heterocycles. The van der Waals surface area contributed by atoms with Crippen LogP contribution in [-0.4, -0.2) is 37.9 Å². The van der Waals surface area contributed by atoms with Crippen molar-refractivity contribution in [1.29, 1.82) is 0 Å². The van der Waals surface area contributed by atoms with Gasteiger partial charge in [-0.05, 0) is 26.7 Å². The molecule has 0 aliphatic carbocycles. The second-order valence-corrected chi connectivity index (χ2v) is 3.99. The first-order valence-corrected chi connectivity index (χ1v) is 5.04. The lowest BCUT2D eigenvalue weighted by Gasteiger charge is -2.36. The number of carbonyl (C=O) groups is 1. The summed E-state index contributed by atoms with van der Waals surface area (Å²) in [7, 11) is 1.43. The molecule has 0 aromatic rings. The Labute approximate surface area is 85.0 Å². The number of hydrogen-bond acceptors (Lipinski definition) is 4. The van der Waals surface area contributed by atoms with Gasteiger partial charge in [0.05, 0.1) is 7.11 Å². The number of nitrogens with one attached hydrogen (secondary N) is 1. The second-order valence-electron chi connectivity index (χ2n) is 3.99. The van der Waals surface area contributed by atoms with Gasteiger partial charge in [0.1, 0.15) is 5.54 Å². The van der Waals surface area contributed by atoms with E-state index in [-0.39, 0.29) is 12.0 Å². The monoisotopic (exact) mass is 201 g/mol. The summed E-state index contributed by atoms with van der Waals surface area (Å²) in [6, 6.07) is 0.271. The predicted octanol–water partition coefficient (Wildman–Crippen LogP) is 0.707. The Bertz CT molecular complexity index is 198. The minimum atomic E-state index is -0.527. The van der Waals surface area contributed by atoms with E-state index in [1.807, 2.05) is 13.8 Å². The Hall–Kier alpha value is -0.610. The van der Waals surface area contributed by atoms with E-state index in [9.17, 15) is 4.79 Å². The van der Waals surface area contributed by atoms with Gasteiger partial charge in [0, 0.05) is 19.3 Å². The van der Waals surface area contributed by atoms with E-state index in [2.05, 4.69) is 5.32 Å². The molecular formula is C10H19NO3. The molecular weight excluding hydrogens is 182 g/mol. The number of esters is 1. The summed E-state index contributed by atoms with van der Waals surface area (Å²) >= 11 is 0. The highest BCUT2D eigenvalue weighted by Gasteiger charge is 2.41. The lowest BCUT2D eigenvalue weighted by molar-refractivity contribution is -0.153. The topological polar surface area (TPSA) is 47.6 Å². The third-order valence-electron chi connectivity index (χ3n) is 2.49. The lowest BCUT2D eigenvalue weighted by atomic mass is 9.89. The largest absolute Gasteiger partial charge is 0.468 e. The highest BCUT2D eigenvalue weighted by Crippen LogP contribution is 2.22. The van der Waals surface area contributed by atoms with Crippen LogP contribution in [0.1, 0.15) is 26.7 Å². The van der Waals surface area contributed by atoms with Gasteiger partial charge in [0.2, 0.25) is 0 Å². The molecule has 0 radical (unpaired) electrons. The quantitative estimate of drug-likeness (QED) is 0.683. The van der Waals surface area contributed by atoms with Crippen LogP contribution in [0, 0.1) is 0 Å². The van der Waals surface area contributed by atoms with Crippen molar-refractivity contribution in [1.82, 2.24) is 5.32 Å². The summed E-state index contributed by atoms with van der Waals surface area (Å²) in [5.74, 6) is -0.172. The molecule has 1 aliphatic rings. The summed E-state index contributed by atoms with van der Waals surface area (Å²) in [6.07, 6.45) is 1.38. The number of carbonyl (C=O) groups excluding carboxylic acids is 1. The first kappa shape index (κ1) is 11.5. The fourth-order valence-corrected chi connectivity index (χ4v) is 1.88. The molecule has 0 aromatic carbocycles. The van der Waals surface area contributed by atoms with Crippen LogP contribution in [0.2, 0.25) is 0 Å². The van der Waals surface area contributed by atoms with Gasteiger partial charge < -0.3 is 9.47 Å². The molecule has 0 aromatic heterocycles. The average molecular weight is 201 g/mol. The molecule has 0 spiro atoms. The fraction of sp³-hybridized carbons (Fsp3) is 0.900. The van der Waals surface area contributed by atoms with Crippen molar-refractivity contribution in [3.8, 4) is 0 Å². The van der Waals surface area contributed by atoms with Crippen molar-refractivity contribution in [3.63, 3.8) is 0 Å². The zero-order chi connectivity index (χ0) is 10.6. The molecule has 0 bridgehead atoms. The zero-order valence-corrected chi connectivity index (χ0v) is 9.13. The number of hydrogen-bond donors (Lipinski definition) is 1. The van der Waals surface area contributed by atoms with Crippen molar-refractivity contribution < 1.29 is 14.3 Å². The van der Waals surface area contributed by atoms with Gasteiger partial charge in [-0.2, -0.15) is 0 Å². The van der Waals surface area contributed by atoms with E-state index in [0.717, 1.165) is 0 Å². The van der Waals surface area contributed by atoms with E-state index in [1.165, 1.54) is 7.11 Å². The Kier molecular flexibility index (Phi) is 3.89. The van der Waals surface area contributed by atoms with Gasteiger partial charge in [-0.25, -0.2) is 0 Å². The maximum atomic E-state index is 11.7. The van der Waals surface area contributed by atoms with E-state index >= 15 is 0 Å². The molecule has 1 N–H and O–H groups in total. The van der Waals surface area contributed by atoms with Crippen LogP contribution < -0.4 is 5.32 Å². The van der Waals surface area contributed by atoms with Gasteiger partial charge in [0.15, 0.2) is 0 Å². The average Bonchev–Trinajstić information content (AvgIpc) is 2.17. The molecule has 1 aliphatic heterocycles. The third-order valence-corrected chi connectivity index (χ3v) is 2.49. The smallest absolute Gasteiger partial charge is 0.326 e. The van der Waals surface area contributed by atoms with Crippen LogP contribution in [0.25, 0.3) is 0 Å². The van der Waals surface area contributed by atoms with Crippen LogP contribution >= 0.6 is 0 Å². The fourth-order valence-electron chi connectivity index (χ4n) is 1.88. The summed E-state index contributed by atoms with van der Waals surface area (Å²) in [5, 5.41) is 3.29. The van der Waals surface area contributed by atoms with Gasteiger partial charge in [-0.1, -0.05) is 0 Å². The minimum absolute atomic E-state index is 0.172. The predicted molar refractivity (Wildman–Crippen MR) is 53.1 cm³/mol. The first-order valence-electron chi connectivity index (χ1n) is 5.04. The number of rotatable bonds is 3. The standard InChI is InChI=1S/C10H19NO3/c1-8(2)11-10(9(12)13-3)4-6-14-7-5-10/h8,11H,4-7H2,1-3H3. The van der Waals surface area contributed by atoms with Crippen LogP contribution in [-0.2, 0) is 14.3 Å². The molecule has 4 nitrogen and oxygen atoms in total. The van der Waals surface area contributed by atoms with Crippen molar-refractivity contribution in [2.24, 2.45) is 0 Å². The third kappa shape index (κ3) is 2.45. The minimum Gasteiger partial charge on any atom is -0.468 e. The van der Waals surface area contributed by atoms with Gasteiger partial charge in [-0.15, -0.1) is 0 Å². The normalized spacial score (nSPS) is 20.9. The summed E-state index contributed by atoms with van der Waals surface area (Å²) in [6.45, 7) is 5.30. The van der Waals surface area contributed by atoms with Crippen LogP contribution in [0.3, 0.4) is 0 Å². The van der Waals surface area contributed by atoms with Crippen LogP contribution in [0.4, 0.5) is 0 Å².